The van der Waals surface area contributed by atoms with Gasteiger partial charge in [0.25, 0.3) is 5.91 Å². The number of carboxylic acid groups (broad SMARTS) is 1. The van der Waals surface area contributed by atoms with E-state index in [9.17, 15) is 9.59 Å². The number of hydrogen-bond acceptors (Lipinski definition) is 3. The SMILES string of the molecule is CC(NC(=O)c1ccc(C(=O)O)cc1)c1cccs1. The van der Waals surface area contributed by atoms with Gasteiger partial charge in [-0.1, -0.05) is 6.07 Å². The van der Waals surface area contributed by atoms with Crippen molar-refractivity contribution in [1.29, 1.82) is 0 Å². The number of benzene rings is 1. The first-order valence-corrected chi connectivity index (χ1v) is 6.63. The number of carbonyl (C=O) groups is 2. The first-order valence-electron chi connectivity index (χ1n) is 5.75. The van der Waals surface area contributed by atoms with Crippen LogP contribution in [-0.4, -0.2) is 17.0 Å². The Kier molecular flexibility index (Phi) is 3.97. The molecule has 0 bridgehead atoms. The molecule has 4 nitrogen and oxygen atoms in total. The molecule has 1 aromatic heterocycles. The van der Waals surface area contributed by atoms with E-state index in [1.54, 1.807) is 11.3 Å². The lowest BCUT2D eigenvalue weighted by atomic mass is 10.1. The number of rotatable bonds is 4. The van der Waals surface area contributed by atoms with E-state index >= 15 is 0 Å². The molecular weight excluding hydrogens is 262 g/mol. The molecule has 5 heteroatoms. The molecule has 2 aromatic rings. The maximum Gasteiger partial charge on any atom is 0.335 e. The van der Waals surface area contributed by atoms with Crippen molar-refractivity contribution in [3.05, 3.63) is 57.8 Å². The molecule has 0 radical (unpaired) electrons. The summed E-state index contributed by atoms with van der Waals surface area (Å²) in [6, 6.07) is 9.71. The minimum atomic E-state index is -1.00. The molecule has 1 aromatic carbocycles. The topological polar surface area (TPSA) is 66.4 Å². The van der Waals surface area contributed by atoms with Gasteiger partial charge in [0.15, 0.2) is 0 Å². The van der Waals surface area contributed by atoms with E-state index in [0.29, 0.717) is 5.56 Å². The fraction of sp³-hybridized carbons (Fsp3) is 0.143. The van der Waals surface area contributed by atoms with Crippen LogP contribution in [0.2, 0.25) is 0 Å². The molecule has 1 unspecified atom stereocenters. The van der Waals surface area contributed by atoms with Crippen LogP contribution >= 0.6 is 11.3 Å². The highest BCUT2D eigenvalue weighted by Crippen LogP contribution is 2.18. The van der Waals surface area contributed by atoms with Gasteiger partial charge in [-0.2, -0.15) is 0 Å². The second-order valence-corrected chi connectivity index (χ2v) is 5.07. The van der Waals surface area contributed by atoms with Crippen LogP contribution in [0.1, 0.15) is 38.6 Å². The lowest BCUT2D eigenvalue weighted by molar-refractivity contribution is 0.0696. The molecule has 2 N–H and O–H groups in total. The maximum atomic E-state index is 12.0. The Hall–Kier alpha value is -2.14. The Balaban J connectivity index is 2.05. The van der Waals surface area contributed by atoms with Gasteiger partial charge in [0.2, 0.25) is 0 Å². The number of nitrogens with one attached hydrogen (secondary N) is 1. The van der Waals surface area contributed by atoms with E-state index in [2.05, 4.69) is 5.32 Å². The van der Waals surface area contributed by atoms with Crippen LogP contribution in [-0.2, 0) is 0 Å². The minimum absolute atomic E-state index is 0.0633. The lowest BCUT2D eigenvalue weighted by Crippen LogP contribution is -2.26. The zero-order valence-corrected chi connectivity index (χ0v) is 11.1. The largest absolute Gasteiger partial charge is 0.478 e. The zero-order valence-electron chi connectivity index (χ0n) is 10.3. The second-order valence-electron chi connectivity index (χ2n) is 4.09. The summed E-state index contributed by atoms with van der Waals surface area (Å²) in [4.78, 5) is 23.8. The molecule has 0 aliphatic heterocycles. The molecule has 0 fully saturated rings. The Labute approximate surface area is 114 Å². The summed E-state index contributed by atoms with van der Waals surface area (Å²) in [5, 5.41) is 13.6. The predicted octanol–water partition coefficient (Wildman–Crippen LogP) is 2.94. The molecule has 98 valence electrons. The van der Waals surface area contributed by atoms with Crippen molar-refractivity contribution >= 4 is 23.2 Å². The molecule has 0 saturated carbocycles. The van der Waals surface area contributed by atoms with Crippen molar-refractivity contribution in [1.82, 2.24) is 5.32 Å². The minimum Gasteiger partial charge on any atom is -0.478 e. The first kappa shape index (κ1) is 13.3. The Bertz CT molecular complexity index is 575. The average molecular weight is 275 g/mol. The Morgan fingerprint density at radius 1 is 1.16 bits per heavy atom. The smallest absolute Gasteiger partial charge is 0.335 e. The van der Waals surface area contributed by atoms with Crippen LogP contribution in [0.3, 0.4) is 0 Å². The average Bonchev–Trinajstić information content (AvgIpc) is 2.92. The normalized spacial score (nSPS) is 11.8. The van der Waals surface area contributed by atoms with Crippen LogP contribution < -0.4 is 5.32 Å². The fourth-order valence-corrected chi connectivity index (χ4v) is 2.39. The van der Waals surface area contributed by atoms with E-state index < -0.39 is 5.97 Å². The molecule has 1 amide bonds. The van der Waals surface area contributed by atoms with Crippen LogP contribution in [0.4, 0.5) is 0 Å². The van der Waals surface area contributed by atoms with Gasteiger partial charge in [0.1, 0.15) is 0 Å². The second kappa shape index (κ2) is 5.67. The number of hydrogen-bond donors (Lipinski definition) is 2. The van der Waals surface area contributed by atoms with Crippen LogP contribution in [0, 0.1) is 0 Å². The van der Waals surface area contributed by atoms with Crippen LogP contribution in [0.25, 0.3) is 0 Å². The molecular formula is C14H13NO3S. The van der Waals surface area contributed by atoms with Crippen molar-refractivity contribution in [2.45, 2.75) is 13.0 Å². The van der Waals surface area contributed by atoms with E-state index in [-0.39, 0.29) is 17.5 Å². The number of aromatic carboxylic acids is 1. The summed E-state index contributed by atoms with van der Waals surface area (Å²) in [6.07, 6.45) is 0. The zero-order chi connectivity index (χ0) is 13.8. The predicted molar refractivity (Wildman–Crippen MR) is 73.6 cm³/mol. The van der Waals surface area contributed by atoms with E-state index in [0.717, 1.165) is 4.88 Å². The van der Waals surface area contributed by atoms with Crippen molar-refractivity contribution in [2.75, 3.05) is 0 Å². The lowest BCUT2D eigenvalue weighted by Gasteiger charge is -2.12. The highest BCUT2D eigenvalue weighted by atomic mass is 32.1. The monoisotopic (exact) mass is 275 g/mol. The molecule has 1 atom stereocenters. The fourth-order valence-electron chi connectivity index (χ4n) is 1.65. The molecule has 0 spiro atoms. The summed E-state index contributed by atoms with van der Waals surface area (Å²) in [6.45, 7) is 1.91. The summed E-state index contributed by atoms with van der Waals surface area (Å²) in [7, 11) is 0. The molecule has 2 rings (SSSR count). The standard InChI is InChI=1S/C14H13NO3S/c1-9(12-3-2-8-19-12)15-13(16)10-4-6-11(7-5-10)14(17)18/h2-9H,1H3,(H,15,16)(H,17,18). The summed E-state index contributed by atoms with van der Waals surface area (Å²) >= 11 is 1.58. The van der Waals surface area contributed by atoms with Gasteiger partial charge < -0.3 is 10.4 Å². The van der Waals surface area contributed by atoms with Gasteiger partial charge >= 0.3 is 5.97 Å². The van der Waals surface area contributed by atoms with Crippen LogP contribution in [0.5, 0.6) is 0 Å². The highest BCUT2D eigenvalue weighted by Gasteiger charge is 2.12. The quantitative estimate of drug-likeness (QED) is 0.901. The molecule has 0 aliphatic carbocycles. The van der Waals surface area contributed by atoms with Gasteiger partial charge in [-0.25, -0.2) is 4.79 Å². The van der Waals surface area contributed by atoms with Gasteiger partial charge in [-0.3, -0.25) is 4.79 Å². The summed E-state index contributed by atoms with van der Waals surface area (Å²) in [5.41, 5.74) is 0.622. The first-order chi connectivity index (χ1) is 9.08. The summed E-state index contributed by atoms with van der Waals surface area (Å²) in [5.74, 6) is -1.21. The van der Waals surface area contributed by atoms with Crippen molar-refractivity contribution in [2.24, 2.45) is 0 Å². The highest BCUT2D eigenvalue weighted by molar-refractivity contribution is 7.10. The van der Waals surface area contributed by atoms with Gasteiger partial charge in [-0.15, -0.1) is 11.3 Å². The molecule has 0 saturated heterocycles. The van der Waals surface area contributed by atoms with Gasteiger partial charge in [0.05, 0.1) is 11.6 Å². The van der Waals surface area contributed by atoms with Crippen molar-refractivity contribution in [3.63, 3.8) is 0 Å². The van der Waals surface area contributed by atoms with Crippen molar-refractivity contribution < 1.29 is 14.7 Å². The number of thiophene rings is 1. The summed E-state index contributed by atoms with van der Waals surface area (Å²) < 4.78 is 0. The Morgan fingerprint density at radius 2 is 1.79 bits per heavy atom. The Morgan fingerprint density at radius 3 is 2.32 bits per heavy atom. The van der Waals surface area contributed by atoms with E-state index in [1.165, 1.54) is 24.3 Å². The number of amides is 1. The third-order valence-corrected chi connectivity index (χ3v) is 3.77. The van der Waals surface area contributed by atoms with Gasteiger partial charge in [0, 0.05) is 10.4 Å². The van der Waals surface area contributed by atoms with E-state index in [1.807, 2.05) is 24.4 Å². The number of carboxylic acids is 1. The third kappa shape index (κ3) is 3.20. The molecule has 0 aliphatic rings. The number of carbonyl (C=O) groups excluding carboxylic acids is 1. The van der Waals surface area contributed by atoms with Gasteiger partial charge in [-0.05, 0) is 42.6 Å². The maximum absolute atomic E-state index is 12.0. The third-order valence-electron chi connectivity index (χ3n) is 2.71. The molecule has 1 heterocycles. The van der Waals surface area contributed by atoms with E-state index in [4.69, 9.17) is 5.11 Å². The molecule has 19 heavy (non-hydrogen) atoms. The van der Waals surface area contributed by atoms with Crippen LogP contribution in [0.15, 0.2) is 41.8 Å². The van der Waals surface area contributed by atoms with Crippen molar-refractivity contribution in [3.8, 4) is 0 Å².